The molecule has 1 fully saturated rings. The predicted molar refractivity (Wildman–Crippen MR) is 119 cm³/mol. The highest BCUT2D eigenvalue weighted by Crippen LogP contribution is 2.56. The van der Waals surface area contributed by atoms with Crippen LogP contribution in [0.15, 0.2) is 35.1 Å². The number of hydrogen-bond acceptors (Lipinski definition) is 8. The third-order valence-electron chi connectivity index (χ3n) is 7.89. The number of ketones is 2. The average Bonchev–Trinajstić information content (AvgIpc) is 3.31. The van der Waals surface area contributed by atoms with Crippen molar-refractivity contribution in [1.82, 2.24) is 0 Å². The van der Waals surface area contributed by atoms with Gasteiger partial charge in [0.2, 0.25) is 5.78 Å². The molecular formula is C25H25NO8. The maximum atomic E-state index is 13.6. The van der Waals surface area contributed by atoms with Crippen LogP contribution in [0.25, 0.3) is 11.3 Å². The summed E-state index contributed by atoms with van der Waals surface area (Å²) in [6.45, 7) is 1.71. The Hall–Kier alpha value is -3.43. The van der Waals surface area contributed by atoms with Crippen LogP contribution in [0.2, 0.25) is 0 Å². The average molecular weight is 467 g/mol. The molecule has 178 valence electrons. The third kappa shape index (κ3) is 2.65. The molecule has 0 bridgehead atoms. The monoisotopic (exact) mass is 467 g/mol. The molecule has 9 heteroatoms. The molecule has 0 aromatic heterocycles. The first-order valence-electron chi connectivity index (χ1n) is 11.2. The summed E-state index contributed by atoms with van der Waals surface area (Å²) < 4.78 is 0. The Morgan fingerprint density at radius 1 is 1.18 bits per heavy atom. The Labute approximate surface area is 194 Å². The van der Waals surface area contributed by atoms with Crippen molar-refractivity contribution in [3.05, 3.63) is 51.8 Å². The Morgan fingerprint density at radius 3 is 2.50 bits per heavy atom. The first kappa shape index (κ1) is 22.4. The van der Waals surface area contributed by atoms with Gasteiger partial charge in [0, 0.05) is 29.4 Å². The van der Waals surface area contributed by atoms with Gasteiger partial charge in [-0.05, 0) is 36.3 Å². The van der Waals surface area contributed by atoms with E-state index in [1.54, 1.807) is 19.1 Å². The molecule has 1 aromatic carbocycles. The largest absolute Gasteiger partial charge is 0.508 e. The topological polar surface area (TPSA) is 178 Å². The van der Waals surface area contributed by atoms with Crippen molar-refractivity contribution in [1.29, 1.82) is 0 Å². The summed E-state index contributed by atoms with van der Waals surface area (Å²) in [5.41, 5.74) is 3.06. The van der Waals surface area contributed by atoms with Crippen molar-refractivity contribution >= 4 is 28.8 Å². The van der Waals surface area contributed by atoms with Gasteiger partial charge in [-0.25, -0.2) is 0 Å². The van der Waals surface area contributed by atoms with Crippen LogP contribution in [-0.4, -0.2) is 54.7 Å². The van der Waals surface area contributed by atoms with Crippen LogP contribution in [0.5, 0.6) is 5.75 Å². The van der Waals surface area contributed by atoms with E-state index < -0.39 is 70.4 Å². The number of nitrogens with two attached hydrogens (primary N) is 1. The molecule has 5 atom stereocenters. The van der Waals surface area contributed by atoms with Crippen molar-refractivity contribution in [2.75, 3.05) is 0 Å². The van der Waals surface area contributed by atoms with Crippen molar-refractivity contribution in [2.45, 2.75) is 50.2 Å². The molecule has 0 spiro atoms. The lowest BCUT2D eigenvalue weighted by atomic mass is 9.55. The molecule has 0 saturated heterocycles. The number of phenols is 1. The maximum absolute atomic E-state index is 13.6. The highest BCUT2D eigenvalue weighted by atomic mass is 16.4. The van der Waals surface area contributed by atoms with Gasteiger partial charge in [0.25, 0.3) is 5.91 Å². The number of Topliss-reactive ketones (excluding diaryl/α,β-unsaturated/α-hetero) is 2. The molecule has 5 unspecified atom stereocenters. The van der Waals surface area contributed by atoms with E-state index in [4.69, 9.17) is 5.73 Å². The second-order valence-corrected chi connectivity index (χ2v) is 9.53. The van der Waals surface area contributed by atoms with E-state index >= 15 is 0 Å². The van der Waals surface area contributed by atoms with Gasteiger partial charge in [-0.2, -0.15) is 0 Å². The number of carbonyl (C=O) groups is 3. The zero-order valence-electron chi connectivity index (χ0n) is 18.4. The fraction of sp³-hybridized carbons (Fsp3) is 0.400. The molecule has 1 saturated carbocycles. The van der Waals surface area contributed by atoms with Crippen LogP contribution < -0.4 is 5.73 Å². The number of benzene rings is 1. The predicted octanol–water partition coefficient (Wildman–Crippen LogP) is 1.52. The minimum absolute atomic E-state index is 0.0251. The zero-order valence-corrected chi connectivity index (χ0v) is 18.4. The normalized spacial score (nSPS) is 32.9. The number of phenolic OH excluding ortho intramolecular Hbond substituents is 1. The minimum Gasteiger partial charge on any atom is -0.508 e. The SMILES string of the molecule is CC1c2ccc(C3=CCCC3)c(O)c2C(O)=C2C(=O)C3(O)C(O)=C(C(N)=O)C(=O)CC3C(O)C21. The fourth-order valence-corrected chi connectivity index (χ4v) is 6.17. The lowest BCUT2D eigenvalue weighted by molar-refractivity contribution is -0.160. The van der Waals surface area contributed by atoms with Crippen LogP contribution in [0.4, 0.5) is 0 Å². The molecule has 0 heterocycles. The maximum Gasteiger partial charge on any atom is 0.255 e. The standard InChI is InChI=1S/C25H25NO8/c1-9-11-6-7-12(10-4-2-3-5-10)19(28)16(11)21(30)18-15(9)20(29)13-8-14(27)17(24(26)33)22(31)25(13,34)23(18)32/h4,6-7,9,13,15,20,28-31,34H,2-3,5,8H2,1H3,(H2,26,33). The third-order valence-corrected chi connectivity index (χ3v) is 7.89. The molecule has 4 aliphatic rings. The van der Waals surface area contributed by atoms with Gasteiger partial charge in [-0.15, -0.1) is 0 Å². The lowest BCUT2D eigenvalue weighted by Crippen LogP contribution is -2.63. The van der Waals surface area contributed by atoms with Gasteiger partial charge < -0.3 is 31.3 Å². The summed E-state index contributed by atoms with van der Waals surface area (Å²) in [6.07, 6.45) is 2.43. The Morgan fingerprint density at radius 2 is 1.88 bits per heavy atom. The Kier molecular flexibility index (Phi) is 4.79. The lowest BCUT2D eigenvalue weighted by Gasteiger charge is -2.50. The van der Waals surface area contributed by atoms with E-state index in [9.17, 15) is 39.9 Å². The zero-order chi connectivity index (χ0) is 24.7. The number of fused-ring (bicyclic) bond motifs is 3. The number of rotatable bonds is 2. The fourth-order valence-electron chi connectivity index (χ4n) is 6.17. The minimum atomic E-state index is -2.82. The van der Waals surface area contributed by atoms with Gasteiger partial charge in [-0.1, -0.05) is 25.1 Å². The Balaban J connectivity index is 1.75. The first-order chi connectivity index (χ1) is 16.0. The molecule has 7 N–H and O–H groups in total. The number of amides is 1. The molecule has 1 aromatic rings. The number of hydrogen-bond donors (Lipinski definition) is 6. The summed E-state index contributed by atoms with van der Waals surface area (Å²) in [5.74, 6) is -8.44. The molecule has 9 nitrogen and oxygen atoms in total. The molecule has 0 radical (unpaired) electrons. The summed E-state index contributed by atoms with van der Waals surface area (Å²) in [4.78, 5) is 37.8. The molecule has 34 heavy (non-hydrogen) atoms. The molecule has 1 amide bonds. The summed E-state index contributed by atoms with van der Waals surface area (Å²) in [5, 5.41) is 55.5. The summed E-state index contributed by atoms with van der Waals surface area (Å²) >= 11 is 0. The molecular weight excluding hydrogens is 442 g/mol. The summed E-state index contributed by atoms with van der Waals surface area (Å²) in [7, 11) is 0. The molecule has 0 aliphatic heterocycles. The first-order valence-corrected chi connectivity index (χ1v) is 11.2. The van der Waals surface area contributed by atoms with Crippen molar-refractivity contribution in [2.24, 2.45) is 17.6 Å². The number of primary amides is 1. The number of aliphatic hydroxyl groups is 4. The quantitative estimate of drug-likeness (QED) is 0.354. The molecule has 5 rings (SSSR count). The molecule has 4 aliphatic carbocycles. The van der Waals surface area contributed by atoms with Crippen LogP contribution in [-0.2, 0) is 14.4 Å². The van der Waals surface area contributed by atoms with Gasteiger partial charge in [0.15, 0.2) is 11.4 Å². The van der Waals surface area contributed by atoms with Crippen molar-refractivity contribution < 1.29 is 39.9 Å². The van der Waals surface area contributed by atoms with E-state index in [1.165, 1.54) is 0 Å². The van der Waals surface area contributed by atoms with E-state index in [1.807, 2.05) is 6.08 Å². The van der Waals surface area contributed by atoms with Crippen molar-refractivity contribution in [3.63, 3.8) is 0 Å². The van der Waals surface area contributed by atoms with Crippen LogP contribution in [0, 0.1) is 11.8 Å². The van der Waals surface area contributed by atoms with E-state index in [2.05, 4.69) is 0 Å². The number of carbonyl (C=O) groups excluding carboxylic acids is 3. The highest BCUT2D eigenvalue weighted by molar-refractivity contribution is 6.23. The Bertz CT molecular complexity index is 1270. The van der Waals surface area contributed by atoms with E-state index in [-0.39, 0.29) is 16.9 Å². The van der Waals surface area contributed by atoms with Gasteiger partial charge >= 0.3 is 0 Å². The number of allylic oxidation sites excluding steroid dienone is 2. The second-order valence-electron chi connectivity index (χ2n) is 9.53. The second kappa shape index (κ2) is 7.28. The van der Waals surface area contributed by atoms with E-state index in [0.717, 1.165) is 24.8 Å². The highest BCUT2D eigenvalue weighted by Gasteiger charge is 2.64. The van der Waals surface area contributed by atoms with Crippen LogP contribution in [0.3, 0.4) is 0 Å². The van der Waals surface area contributed by atoms with Crippen LogP contribution >= 0.6 is 0 Å². The van der Waals surface area contributed by atoms with Gasteiger partial charge in [0.1, 0.15) is 22.8 Å². The number of aromatic hydroxyl groups is 1. The summed E-state index contributed by atoms with van der Waals surface area (Å²) in [6, 6.07) is 3.47. The van der Waals surface area contributed by atoms with E-state index in [0.29, 0.717) is 11.1 Å². The van der Waals surface area contributed by atoms with Crippen molar-refractivity contribution in [3.8, 4) is 5.75 Å². The van der Waals surface area contributed by atoms with Crippen LogP contribution in [0.1, 0.15) is 55.2 Å². The number of aliphatic hydroxyl groups excluding tert-OH is 3. The van der Waals surface area contributed by atoms with Gasteiger partial charge in [0.05, 0.1) is 11.7 Å². The van der Waals surface area contributed by atoms with Gasteiger partial charge in [-0.3, -0.25) is 14.4 Å². The smallest absolute Gasteiger partial charge is 0.255 e.